The van der Waals surface area contributed by atoms with E-state index in [4.69, 9.17) is 0 Å². The third kappa shape index (κ3) is 11.2. The molecule has 304 valence electrons. The number of hydrogen-bond acceptors (Lipinski definition) is 10. The molecule has 0 atom stereocenters. The quantitative estimate of drug-likeness (QED) is 0.0654. The van der Waals surface area contributed by atoms with Gasteiger partial charge >= 0.3 is 0 Å². The van der Waals surface area contributed by atoms with Gasteiger partial charge in [0.05, 0.1) is 10.0 Å². The fourth-order valence-electron chi connectivity index (χ4n) is 6.91. The van der Waals surface area contributed by atoms with Crippen LogP contribution in [0.3, 0.4) is 0 Å². The topological polar surface area (TPSA) is 129 Å². The predicted octanol–water partition coefficient (Wildman–Crippen LogP) is 9.68. The summed E-state index contributed by atoms with van der Waals surface area (Å²) in [4.78, 5) is 63.1. The number of carbonyl (C=O) groups is 4. The van der Waals surface area contributed by atoms with Crippen LogP contribution in [0.25, 0.3) is 12.2 Å². The van der Waals surface area contributed by atoms with Gasteiger partial charge in [-0.2, -0.15) is 10.5 Å². The molecule has 0 spiro atoms. The van der Waals surface area contributed by atoms with Gasteiger partial charge in [-0.3, -0.25) is 29.0 Å². The monoisotopic (exact) mass is 810 g/mol. The lowest BCUT2D eigenvalue weighted by molar-refractivity contribution is -0.141. The van der Waals surface area contributed by atoms with Gasteiger partial charge in [-0.05, 0) is 106 Å². The molecule has 10 nitrogen and oxygen atoms in total. The van der Waals surface area contributed by atoms with Crippen molar-refractivity contribution < 1.29 is 19.2 Å². The van der Waals surface area contributed by atoms with E-state index in [9.17, 15) is 29.7 Å². The van der Waals surface area contributed by atoms with E-state index < -0.39 is 23.6 Å². The van der Waals surface area contributed by atoms with Crippen LogP contribution in [0.2, 0.25) is 0 Å². The van der Waals surface area contributed by atoms with Crippen LogP contribution >= 0.6 is 22.7 Å². The molecule has 12 heteroatoms. The highest BCUT2D eigenvalue weighted by atomic mass is 32.1. The molecule has 4 heterocycles. The minimum atomic E-state index is -0.611. The lowest BCUT2D eigenvalue weighted by Gasteiger charge is -2.28. The van der Waals surface area contributed by atoms with Crippen molar-refractivity contribution in [2.45, 2.75) is 112 Å². The van der Waals surface area contributed by atoms with Crippen LogP contribution in [0.1, 0.15) is 122 Å². The maximum atomic E-state index is 13.8. The van der Waals surface area contributed by atoms with E-state index in [1.165, 1.54) is 0 Å². The standard InChI is InChI=1S/C45H58N6O4S2/c1-7-11-22-48(23-12-8-2)40-20-18-34(56-40)28-36-32(5)38(30-46)44(54)50(42(36)52)26-16-15-17-27-51-43(53)37(33(6)39(31-47)45(51)55)29-35-19-21-41(57-35)49(24-13-9-3)25-14-10-4/h18-21,28-29H,7-17,22-27H2,1-6H3/b36-28-,37-29+. The zero-order valence-electron chi connectivity index (χ0n) is 34.6. The summed E-state index contributed by atoms with van der Waals surface area (Å²) in [6, 6.07) is 12.2. The number of nitrogens with zero attached hydrogens (tertiary/aromatic N) is 6. The molecular formula is C45H58N6O4S2. The molecule has 2 aromatic heterocycles. The first-order valence-corrected chi connectivity index (χ1v) is 22.3. The van der Waals surface area contributed by atoms with Crippen LogP contribution in [-0.4, -0.2) is 72.7 Å². The average Bonchev–Trinajstić information content (AvgIpc) is 3.88. The van der Waals surface area contributed by atoms with Crippen molar-refractivity contribution in [3.8, 4) is 12.1 Å². The molecule has 0 aliphatic carbocycles. The van der Waals surface area contributed by atoms with Gasteiger partial charge in [0.1, 0.15) is 23.3 Å². The Morgan fingerprint density at radius 1 is 0.544 bits per heavy atom. The Morgan fingerprint density at radius 2 is 0.895 bits per heavy atom. The maximum Gasteiger partial charge on any atom is 0.271 e. The molecule has 2 aliphatic heterocycles. The van der Waals surface area contributed by atoms with Crippen molar-refractivity contribution in [1.82, 2.24) is 9.80 Å². The van der Waals surface area contributed by atoms with Crippen LogP contribution in [0.15, 0.2) is 57.7 Å². The summed E-state index contributed by atoms with van der Waals surface area (Å²) in [6.07, 6.45) is 13.7. The second-order valence-corrected chi connectivity index (χ2v) is 16.9. The fraction of sp³-hybridized carbons (Fsp3) is 0.511. The van der Waals surface area contributed by atoms with E-state index in [0.717, 1.165) is 107 Å². The summed E-state index contributed by atoms with van der Waals surface area (Å²) >= 11 is 3.20. The molecule has 0 aromatic carbocycles. The summed E-state index contributed by atoms with van der Waals surface area (Å²) in [7, 11) is 0. The minimum Gasteiger partial charge on any atom is -0.363 e. The van der Waals surface area contributed by atoms with Gasteiger partial charge in [0.25, 0.3) is 23.6 Å². The molecular weight excluding hydrogens is 753 g/mol. The molecule has 0 saturated carbocycles. The lowest BCUT2D eigenvalue weighted by atomic mass is 9.94. The highest BCUT2D eigenvalue weighted by Gasteiger charge is 2.37. The molecule has 2 aliphatic rings. The Kier molecular flexibility index (Phi) is 17.5. The Hall–Kier alpha value is -4.78. The van der Waals surface area contributed by atoms with Gasteiger partial charge in [-0.15, -0.1) is 22.7 Å². The molecule has 0 unspecified atom stereocenters. The minimum absolute atomic E-state index is 0.0485. The number of imide groups is 2. The van der Waals surface area contributed by atoms with E-state index >= 15 is 0 Å². The van der Waals surface area contributed by atoms with E-state index in [2.05, 4.69) is 49.6 Å². The predicted molar refractivity (Wildman–Crippen MR) is 233 cm³/mol. The third-order valence-electron chi connectivity index (χ3n) is 10.5. The first kappa shape index (κ1) is 44.9. The normalized spacial score (nSPS) is 16.4. The highest BCUT2D eigenvalue weighted by Crippen LogP contribution is 2.34. The smallest absolute Gasteiger partial charge is 0.271 e. The number of thiophene rings is 2. The van der Waals surface area contributed by atoms with Gasteiger partial charge < -0.3 is 9.80 Å². The van der Waals surface area contributed by atoms with E-state index in [1.807, 2.05) is 24.3 Å². The molecule has 4 rings (SSSR count). The number of anilines is 2. The zero-order valence-corrected chi connectivity index (χ0v) is 36.3. The number of nitriles is 2. The first-order valence-electron chi connectivity index (χ1n) is 20.6. The molecule has 0 N–H and O–H groups in total. The van der Waals surface area contributed by atoms with Crippen molar-refractivity contribution in [2.75, 3.05) is 49.1 Å². The largest absolute Gasteiger partial charge is 0.363 e. The number of carbonyl (C=O) groups excluding carboxylic acids is 4. The number of amides is 4. The SMILES string of the molecule is CCCCN(CCCC)c1ccc(/C=C2\C(=O)N(CCCCCN3C(=O)C(C#N)=C(C)/C(=C\c4ccc(N(CCCC)CCCC)s4)C3=O)C(=O)C(C#N)=C2C)s1. The average molecular weight is 811 g/mol. The summed E-state index contributed by atoms with van der Waals surface area (Å²) in [5, 5.41) is 22.1. The Labute approximate surface area is 347 Å². The van der Waals surface area contributed by atoms with Crippen LogP contribution < -0.4 is 9.80 Å². The Morgan fingerprint density at radius 3 is 1.21 bits per heavy atom. The van der Waals surface area contributed by atoms with E-state index in [0.29, 0.717) is 41.6 Å². The Bertz CT molecular complexity index is 1830. The van der Waals surface area contributed by atoms with Gasteiger partial charge in [0, 0.05) is 60.2 Å². The third-order valence-corrected chi connectivity index (χ3v) is 12.6. The number of rotatable bonds is 22. The van der Waals surface area contributed by atoms with Crippen molar-refractivity contribution in [3.05, 3.63) is 67.5 Å². The van der Waals surface area contributed by atoms with Crippen molar-refractivity contribution in [1.29, 1.82) is 10.5 Å². The summed E-state index contributed by atoms with van der Waals surface area (Å²) < 4.78 is 0. The van der Waals surface area contributed by atoms with Crippen molar-refractivity contribution in [2.24, 2.45) is 0 Å². The summed E-state index contributed by atoms with van der Waals surface area (Å²) in [6.45, 7) is 16.1. The summed E-state index contributed by atoms with van der Waals surface area (Å²) in [5.41, 5.74) is 1.31. The fourth-order valence-corrected chi connectivity index (χ4v) is 8.91. The van der Waals surface area contributed by atoms with Gasteiger partial charge in [-0.1, -0.05) is 53.4 Å². The van der Waals surface area contributed by atoms with Gasteiger partial charge in [0.2, 0.25) is 0 Å². The van der Waals surface area contributed by atoms with Crippen molar-refractivity contribution >= 4 is 68.5 Å². The summed E-state index contributed by atoms with van der Waals surface area (Å²) in [5.74, 6) is -2.10. The highest BCUT2D eigenvalue weighted by molar-refractivity contribution is 7.17. The van der Waals surface area contributed by atoms with Crippen LogP contribution in [0, 0.1) is 22.7 Å². The zero-order chi connectivity index (χ0) is 41.5. The molecule has 0 saturated heterocycles. The van der Waals surface area contributed by atoms with Gasteiger partial charge in [-0.25, -0.2) is 0 Å². The van der Waals surface area contributed by atoms with Crippen LogP contribution in [0.5, 0.6) is 0 Å². The molecule has 0 bridgehead atoms. The maximum absolute atomic E-state index is 13.8. The second kappa shape index (κ2) is 22.2. The van der Waals surface area contributed by atoms with Crippen LogP contribution in [-0.2, 0) is 19.2 Å². The lowest BCUT2D eigenvalue weighted by Crippen LogP contribution is -2.43. The van der Waals surface area contributed by atoms with Gasteiger partial charge in [0.15, 0.2) is 0 Å². The second-order valence-electron chi connectivity index (χ2n) is 14.7. The molecule has 57 heavy (non-hydrogen) atoms. The molecule has 4 amide bonds. The number of hydrogen-bond donors (Lipinski definition) is 0. The number of unbranched alkanes of at least 4 members (excludes halogenated alkanes) is 6. The van der Waals surface area contributed by atoms with E-state index in [-0.39, 0.29) is 24.2 Å². The molecule has 0 fully saturated rings. The molecule has 2 aromatic rings. The van der Waals surface area contributed by atoms with Crippen LogP contribution in [0.4, 0.5) is 10.0 Å². The first-order chi connectivity index (χ1) is 27.5. The molecule has 0 radical (unpaired) electrons. The van der Waals surface area contributed by atoms with Crippen molar-refractivity contribution in [3.63, 3.8) is 0 Å². The Balaban J connectivity index is 1.44. The van der Waals surface area contributed by atoms with E-state index in [1.54, 1.807) is 48.7 Å².